The van der Waals surface area contributed by atoms with Gasteiger partial charge in [-0.3, -0.25) is 14.6 Å². The maximum Gasteiger partial charge on any atom is 0.307 e. The minimum Gasteiger partial charge on any atom is -0.481 e. The molecule has 0 bridgehead atoms. The number of nitrogens with zero attached hydrogens (tertiary/aromatic N) is 2. The Morgan fingerprint density at radius 1 is 1.35 bits per heavy atom. The summed E-state index contributed by atoms with van der Waals surface area (Å²) >= 11 is 0. The van der Waals surface area contributed by atoms with Crippen molar-refractivity contribution < 1.29 is 9.90 Å². The first-order chi connectivity index (χ1) is 8.20. The highest BCUT2D eigenvalue weighted by molar-refractivity contribution is 5.70. The largest absolute Gasteiger partial charge is 0.481 e. The van der Waals surface area contributed by atoms with Gasteiger partial charge in [-0.05, 0) is 25.8 Å². The zero-order valence-electron chi connectivity index (χ0n) is 10.8. The Bertz CT molecular complexity index is 270. The molecule has 4 nitrogen and oxygen atoms in total. The Morgan fingerprint density at radius 2 is 2.18 bits per heavy atom. The zero-order valence-corrected chi connectivity index (χ0v) is 10.8. The first-order valence-electron chi connectivity index (χ1n) is 6.90. The van der Waals surface area contributed by atoms with Gasteiger partial charge in [-0.2, -0.15) is 0 Å². The predicted octanol–water partition coefficient (Wildman–Crippen LogP) is 1.27. The molecule has 0 spiro atoms. The molecule has 0 radical (unpaired) electrons. The van der Waals surface area contributed by atoms with Gasteiger partial charge in [-0.15, -0.1) is 0 Å². The van der Waals surface area contributed by atoms with Crippen LogP contribution in [0.5, 0.6) is 0 Å². The highest BCUT2D eigenvalue weighted by Crippen LogP contribution is 2.21. The van der Waals surface area contributed by atoms with Crippen molar-refractivity contribution in [1.82, 2.24) is 9.80 Å². The van der Waals surface area contributed by atoms with Crippen LogP contribution < -0.4 is 0 Å². The summed E-state index contributed by atoms with van der Waals surface area (Å²) in [5.41, 5.74) is 0. The van der Waals surface area contributed by atoms with Gasteiger partial charge >= 0.3 is 5.97 Å². The van der Waals surface area contributed by atoms with Crippen LogP contribution in [0.15, 0.2) is 0 Å². The Hall–Kier alpha value is -0.610. The number of hydrogen-bond donors (Lipinski definition) is 1. The fraction of sp³-hybridized carbons (Fsp3) is 0.923. The van der Waals surface area contributed by atoms with E-state index in [1.54, 1.807) is 0 Å². The number of hydrogen-bond acceptors (Lipinski definition) is 3. The third kappa shape index (κ3) is 3.19. The molecule has 2 fully saturated rings. The van der Waals surface area contributed by atoms with Crippen LogP contribution >= 0.6 is 0 Å². The van der Waals surface area contributed by atoms with Crippen molar-refractivity contribution in [2.75, 3.05) is 32.7 Å². The minimum absolute atomic E-state index is 0.190. The highest BCUT2D eigenvalue weighted by Gasteiger charge is 2.30. The SMILES string of the molecule is CCC(CN1CCN2CCCCC2C1)C(=O)O. The van der Waals surface area contributed by atoms with Gasteiger partial charge in [0.1, 0.15) is 0 Å². The molecule has 17 heavy (non-hydrogen) atoms. The van der Waals surface area contributed by atoms with E-state index in [1.165, 1.54) is 25.8 Å². The van der Waals surface area contributed by atoms with Crippen LogP contribution in [0.3, 0.4) is 0 Å². The Labute approximate surface area is 104 Å². The van der Waals surface area contributed by atoms with E-state index in [9.17, 15) is 4.79 Å². The molecule has 1 N–H and O–H groups in total. The third-order valence-corrected chi connectivity index (χ3v) is 4.24. The number of carboxylic acids is 1. The normalized spacial score (nSPS) is 28.6. The van der Waals surface area contributed by atoms with Crippen molar-refractivity contribution in [2.24, 2.45) is 5.92 Å². The molecular formula is C13H24N2O2. The van der Waals surface area contributed by atoms with Crippen LogP contribution in [0.4, 0.5) is 0 Å². The molecule has 4 heteroatoms. The van der Waals surface area contributed by atoms with Gasteiger partial charge in [0, 0.05) is 32.2 Å². The predicted molar refractivity (Wildman–Crippen MR) is 67.1 cm³/mol. The molecular weight excluding hydrogens is 216 g/mol. The standard InChI is InChI=1S/C13H24N2O2/c1-2-11(13(16)17)9-14-7-8-15-6-4-3-5-12(15)10-14/h11-12H,2-10H2,1H3,(H,16,17). The van der Waals surface area contributed by atoms with Crippen molar-refractivity contribution in [1.29, 1.82) is 0 Å². The first-order valence-corrected chi connectivity index (χ1v) is 6.90. The van der Waals surface area contributed by atoms with E-state index in [1.807, 2.05) is 6.92 Å². The second kappa shape index (κ2) is 5.83. The Balaban J connectivity index is 1.84. The van der Waals surface area contributed by atoms with Gasteiger partial charge < -0.3 is 5.11 Å². The molecule has 0 aromatic rings. The van der Waals surface area contributed by atoms with E-state index in [4.69, 9.17) is 5.11 Å². The van der Waals surface area contributed by atoms with E-state index >= 15 is 0 Å². The van der Waals surface area contributed by atoms with Crippen molar-refractivity contribution in [3.63, 3.8) is 0 Å². The summed E-state index contributed by atoms with van der Waals surface area (Å²) in [5, 5.41) is 9.10. The van der Waals surface area contributed by atoms with E-state index in [2.05, 4.69) is 9.80 Å². The fourth-order valence-electron chi connectivity index (χ4n) is 3.08. The molecule has 2 aliphatic heterocycles. The lowest BCUT2D eigenvalue weighted by atomic mass is 9.98. The molecule has 0 aliphatic carbocycles. The fourth-order valence-corrected chi connectivity index (χ4v) is 3.08. The van der Waals surface area contributed by atoms with E-state index in [-0.39, 0.29) is 5.92 Å². The molecule has 2 atom stereocenters. The molecule has 2 heterocycles. The molecule has 2 unspecified atom stereocenters. The summed E-state index contributed by atoms with van der Waals surface area (Å²) in [6.45, 7) is 7.19. The van der Waals surface area contributed by atoms with Crippen LogP contribution in [0, 0.1) is 5.92 Å². The summed E-state index contributed by atoms with van der Waals surface area (Å²) < 4.78 is 0. The minimum atomic E-state index is -0.640. The van der Waals surface area contributed by atoms with E-state index in [0.717, 1.165) is 32.6 Å². The van der Waals surface area contributed by atoms with Crippen LogP contribution in [0.1, 0.15) is 32.6 Å². The van der Waals surface area contributed by atoms with E-state index in [0.29, 0.717) is 6.04 Å². The number of rotatable bonds is 4. The Kier molecular flexibility index (Phi) is 4.40. The summed E-state index contributed by atoms with van der Waals surface area (Å²) in [6.07, 6.45) is 4.70. The third-order valence-electron chi connectivity index (χ3n) is 4.24. The number of carboxylic acid groups (broad SMARTS) is 1. The van der Waals surface area contributed by atoms with Gasteiger partial charge in [0.15, 0.2) is 0 Å². The summed E-state index contributed by atoms with van der Waals surface area (Å²) in [7, 11) is 0. The van der Waals surface area contributed by atoms with Gasteiger partial charge in [-0.1, -0.05) is 13.3 Å². The molecule has 98 valence electrons. The number of piperazine rings is 1. The molecule has 2 rings (SSSR count). The number of aliphatic carboxylic acids is 1. The van der Waals surface area contributed by atoms with Crippen LogP contribution in [0.2, 0.25) is 0 Å². The highest BCUT2D eigenvalue weighted by atomic mass is 16.4. The summed E-state index contributed by atoms with van der Waals surface area (Å²) in [5.74, 6) is -0.830. The zero-order chi connectivity index (χ0) is 12.3. The van der Waals surface area contributed by atoms with Gasteiger partial charge in [0.25, 0.3) is 0 Å². The number of fused-ring (bicyclic) bond motifs is 1. The molecule has 0 aromatic heterocycles. The summed E-state index contributed by atoms with van der Waals surface area (Å²) in [6, 6.07) is 0.684. The lowest BCUT2D eigenvalue weighted by molar-refractivity contribution is -0.142. The van der Waals surface area contributed by atoms with Gasteiger partial charge in [-0.25, -0.2) is 0 Å². The quantitative estimate of drug-likeness (QED) is 0.803. The maximum atomic E-state index is 11.0. The first kappa shape index (κ1) is 12.8. The van der Waals surface area contributed by atoms with Crippen LogP contribution in [-0.2, 0) is 4.79 Å². The second-order valence-corrected chi connectivity index (χ2v) is 5.39. The molecule has 2 aliphatic rings. The maximum absolute atomic E-state index is 11.0. The Morgan fingerprint density at radius 3 is 2.88 bits per heavy atom. The van der Waals surface area contributed by atoms with E-state index < -0.39 is 5.97 Å². The molecule has 0 amide bonds. The second-order valence-electron chi connectivity index (χ2n) is 5.39. The van der Waals surface area contributed by atoms with Gasteiger partial charge in [0.05, 0.1) is 5.92 Å². The average Bonchev–Trinajstić information content (AvgIpc) is 2.35. The van der Waals surface area contributed by atoms with Gasteiger partial charge in [0.2, 0.25) is 0 Å². The monoisotopic (exact) mass is 240 g/mol. The summed E-state index contributed by atoms with van der Waals surface area (Å²) in [4.78, 5) is 16.0. The molecule has 0 saturated carbocycles. The lowest BCUT2D eigenvalue weighted by Gasteiger charge is -2.44. The molecule has 0 aromatic carbocycles. The van der Waals surface area contributed by atoms with Crippen molar-refractivity contribution in [3.8, 4) is 0 Å². The lowest BCUT2D eigenvalue weighted by Crippen LogP contribution is -2.55. The number of carbonyl (C=O) groups is 1. The van der Waals surface area contributed by atoms with Crippen LogP contribution in [0.25, 0.3) is 0 Å². The number of piperidine rings is 1. The van der Waals surface area contributed by atoms with Crippen molar-refractivity contribution >= 4 is 5.97 Å². The smallest absolute Gasteiger partial charge is 0.307 e. The average molecular weight is 240 g/mol. The van der Waals surface area contributed by atoms with Crippen LogP contribution in [-0.4, -0.2) is 59.6 Å². The topological polar surface area (TPSA) is 43.8 Å². The van der Waals surface area contributed by atoms with Crippen molar-refractivity contribution in [3.05, 3.63) is 0 Å². The molecule has 2 saturated heterocycles. The van der Waals surface area contributed by atoms with Crippen molar-refractivity contribution in [2.45, 2.75) is 38.6 Å².